The van der Waals surface area contributed by atoms with Crippen LogP contribution in [0.4, 0.5) is 4.39 Å². The molecular weight excluding hydrogens is 395 g/mol. The minimum Gasteiger partial charge on any atom is -0.361 e. The number of carbonyl (C=O) groups is 1. The van der Waals surface area contributed by atoms with Gasteiger partial charge in [0.05, 0.1) is 0 Å². The van der Waals surface area contributed by atoms with Gasteiger partial charge in [-0.25, -0.2) is 4.39 Å². The van der Waals surface area contributed by atoms with Gasteiger partial charge in [-0.05, 0) is 35.9 Å². The van der Waals surface area contributed by atoms with Crippen LogP contribution >= 0.6 is 11.6 Å². The van der Waals surface area contributed by atoms with Crippen molar-refractivity contribution in [2.45, 2.75) is 18.9 Å². The Labute approximate surface area is 170 Å². The van der Waals surface area contributed by atoms with E-state index in [1.54, 1.807) is 11.0 Å². The van der Waals surface area contributed by atoms with Crippen molar-refractivity contribution >= 4 is 28.4 Å². The van der Waals surface area contributed by atoms with Crippen LogP contribution in [0, 0.1) is 5.82 Å². The highest BCUT2D eigenvalue weighted by molar-refractivity contribution is 6.31. The van der Waals surface area contributed by atoms with Crippen LogP contribution in [-0.4, -0.2) is 32.5 Å². The Bertz CT molecular complexity index is 1220. The summed E-state index contributed by atoms with van der Waals surface area (Å²) in [5.74, 6) is 0.353. The summed E-state index contributed by atoms with van der Waals surface area (Å²) in [6, 6.07) is 12.0. The van der Waals surface area contributed by atoms with Crippen molar-refractivity contribution in [2.75, 3.05) is 6.54 Å². The maximum Gasteiger partial charge on any atom is 0.258 e. The van der Waals surface area contributed by atoms with Crippen molar-refractivity contribution in [3.63, 3.8) is 0 Å². The fourth-order valence-electron chi connectivity index (χ4n) is 3.74. The standard InChI is InChI=1S/C21H16ClFN4O2/c22-17-9-14(23)5-4-12(17)10-27-11-13(8-19(27)28)20-25-21(29-26-20)16-2-1-3-18-15(16)6-7-24-18/h1-7,9,13,24H,8,10-11H2. The van der Waals surface area contributed by atoms with Crippen molar-refractivity contribution in [3.05, 3.63) is 70.9 Å². The molecule has 1 unspecified atom stereocenters. The SMILES string of the molecule is O=C1CC(c2noc(-c3cccc4[nH]ccc34)n2)CN1Cc1ccc(F)cc1Cl. The predicted octanol–water partition coefficient (Wildman–Crippen LogP) is 4.53. The van der Waals surface area contributed by atoms with Gasteiger partial charge in [0.15, 0.2) is 5.82 Å². The molecule has 1 N–H and O–H groups in total. The van der Waals surface area contributed by atoms with Crippen molar-refractivity contribution in [1.82, 2.24) is 20.0 Å². The van der Waals surface area contributed by atoms with E-state index < -0.39 is 5.82 Å². The zero-order valence-corrected chi connectivity index (χ0v) is 16.0. The van der Waals surface area contributed by atoms with E-state index in [1.165, 1.54) is 12.1 Å². The molecule has 1 aliphatic rings. The summed E-state index contributed by atoms with van der Waals surface area (Å²) >= 11 is 6.10. The highest BCUT2D eigenvalue weighted by Crippen LogP contribution is 2.32. The van der Waals surface area contributed by atoms with E-state index in [-0.39, 0.29) is 11.8 Å². The molecule has 2 aromatic carbocycles. The van der Waals surface area contributed by atoms with Crippen LogP contribution in [0.25, 0.3) is 22.4 Å². The van der Waals surface area contributed by atoms with E-state index in [0.717, 1.165) is 16.5 Å². The second kappa shape index (κ2) is 7.00. The van der Waals surface area contributed by atoms with Crippen molar-refractivity contribution in [1.29, 1.82) is 0 Å². The molecular formula is C21H16ClFN4O2. The highest BCUT2D eigenvalue weighted by atomic mass is 35.5. The number of fused-ring (bicyclic) bond motifs is 1. The van der Waals surface area contributed by atoms with Crippen LogP contribution in [0.5, 0.6) is 0 Å². The molecule has 2 aromatic heterocycles. The highest BCUT2D eigenvalue weighted by Gasteiger charge is 2.34. The molecule has 1 amide bonds. The summed E-state index contributed by atoms with van der Waals surface area (Å²) in [5, 5.41) is 5.43. The molecule has 146 valence electrons. The quantitative estimate of drug-likeness (QED) is 0.536. The number of halogens is 2. The molecule has 29 heavy (non-hydrogen) atoms. The minimum absolute atomic E-state index is 0.0190. The average Bonchev–Trinajstić information content (AvgIpc) is 3.43. The number of aromatic nitrogens is 3. The molecule has 1 fully saturated rings. The van der Waals surface area contributed by atoms with Crippen molar-refractivity contribution in [2.24, 2.45) is 0 Å². The third-order valence-corrected chi connectivity index (χ3v) is 5.57. The van der Waals surface area contributed by atoms with Gasteiger partial charge in [0.25, 0.3) is 5.89 Å². The Morgan fingerprint density at radius 3 is 3.03 bits per heavy atom. The Morgan fingerprint density at radius 2 is 2.17 bits per heavy atom. The molecule has 1 saturated heterocycles. The van der Waals surface area contributed by atoms with Crippen LogP contribution in [0.3, 0.4) is 0 Å². The summed E-state index contributed by atoms with van der Waals surface area (Å²) in [6.45, 7) is 0.779. The van der Waals surface area contributed by atoms with Crippen molar-refractivity contribution in [3.8, 4) is 11.5 Å². The molecule has 0 bridgehead atoms. The summed E-state index contributed by atoms with van der Waals surface area (Å²) < 4.78 is 18.7. The number of aromatic amines is 1. The normalized spacial score (nSPS) is 16.8. The lowest BCUT2D eigenvalue weighted by Gasteiger charge is -2.17. The Balaban J connectivity index is 1.36. The van der Waals surface area contributed by atoms with Crippen LogP contribution in [0.1, 0.15) is 23.7 Å². The number of nitrogens with one attached hydrogen (secondary N) is 1. The summed E-state index contributed by atoms with van der Waals surface area (Å²) in [7, 11) is 0. The molecule has 6 nitrogen and oxygen atoms in total. The lowest BCUT2D eigenvalue weighted by atomic mass is 10.1. The van der Waals surface area contributed by atoms with Gasteiger partial charge in [-0.15, -0.1) is 0 Å². The second-order valence-corrected chi connectivity index (χ2v) is 7.52. The van der Waals surface area contributed by atoms with Crippen LogP contribution in [0.2, 0.25) is 5.02 Å². The molecule has 4 aromatic rings. The number of benzene rings is 2. The van der Waals surface area contributed by atoms with Crippen molar-refractivity contribution < 1.29 is 13.7 Å². The molecule has 0 aliphatic carbocycles. The first-order valence-electron chi connectivity index (χ1n) is 9.20. The second-order valence-electron chi connectivity index (χ2n) is 7.11. The molecule has 5 rings (SSSR count). The third-order valence-electron chi connectivity index (χ3n) is 5.22. The predicted molar refractivity (Wildman–Crippen MR) is 106 cm³/mol. The number of rotatable bonds is 4. The lowest BCUT2D eigenvalue weighted by Crippen LogP contribution is -2.24. The average molecular weight is 411 g/mol. The largest absolute Gasteiger partial charge is 0.361 e. The Morgan fingerprint density at radius 1 is 1.28 bits per heavy atom. The molecule has 8 heteroatoms. The number of hydrogen-bond acceptors (Lipinski definition) is 4. The fourth-order valence-corrected chi connectivity index (χ4v) is 3.96. The Hall–Kier alpha value is -3.19. The maximum atomic E-state index is 13.2. The van der Waals surface area contributed by atoms with E-state index >= 15 is 0 Å². The number of amides is 1. The number of carbonyl (C=O) groups excluding carboxylic acids is 1. The summed E-state index contributed by atoms with van der Waals surface area (Å²) in [4.78, 5) is 21.9. The molecule has 1 atom stereocenters. The van der Waals surface area contributed by atoms with Crippen LogP contribution < -0.4 is 0 Å². The van der Waals surface area contributed by atoms with E-state index in [9.17, 15) is 9.18 Å². The van der Waals surface area contributed by atoms with Gasteiger partial charge in [0.1, 0.15) is 5.82 Å². The number of H-pyrrole nitrogens is 1. The zero-order valence-electron chi connectivity index (χ0n) is 15.2. The van der Waals surface area contributed by atoms with E-state index in [2.05, 4.69) is 15.1 Å². The van der Waals surface area contributed by atoms with Gasteiger partial charge in [-0.1, -0.05) is 28.9 Å². The van der Waals surface area contributed by atoms with Gasteiger partial charge in [-0.3, -0.25) is 4.79 Å². The lowest BCUT2D eigenvalue weighted by molar-refractivity contribution is -0.128. The van der Waals surface area contributed by atoms with E-state index in [0.29, 0.717) is 41.8 Å². The van der Waals surface area contributed by atoms with Gasteiger partial charge in [0, 0.05) is 53.1 Å². The molecule has 3 heterocycles. The van der Waals surface area contributed by atoms with Gasteiger partial charge >= 0.3 is 0 Å². The van der Waals surface area contributed by atoms with Crippen LogP contribution in [0.15, 0.2) is 53.2 Å². The van der Waals surface area contributed by atoms with Gasteiger partial charge in [0.2, 0.25) is 5.91 Å². The maximum absolute atomic E-state index is 13.2. The smallest absolute Gasteiger partial charge is 0.258 e. The van der Waals surface area contributed by atoms with E-state index in [4.69, 9.17) is 16.1 Å². The number of hydrogen-bond donors (Lipinski definition) is 1. The monoisotopic (exact) mass is 410 g/mol. The van der Waals surface area contributed by atoms with Crippen LogP contribution in [-0.2, 0) is 11.3 Å². The van der Waals surface area contributed by atoms with Gasteiger partial charge < -0.3 is 14.4 Å². The number of likely N-dealkylation sites (tertiary alicyclic amines) is 1. The molecule has 0 radical (unpaired) electrons. The first-order valence-corrected chi connectivity index (χ1v) is 9.58. The summed E-state index contributed by atoms with van der Waals surface area (Å²) in [5.41, 5.74) is 2.54. The Kier molecular flexibility index (Phi) is 4.32. The number of nitrogens with zero attached hydrogens (tertiary/aromatic N) is 3. The first kappa shape index (κ1) is 17.9. The molecule has 0 saturated carbocycles. The third kappa shape index (κ3) is 3.27. The minimum atomic E-state index is -0.402. The summed E-state index contributed by atoms with van der Waals surface area (Å²) in [6.07, 6.45) is 2.16. The topological polar surface area (TPSA) is 75.0 Å². The fraction of sp³-hybridized carbons (Fsp3) is 0.190. The van der Waals surface area contributed by atoms with E-state index in [1.807, 2.05) is 30.5 Å². The molecule has 1 aliphatic heterocycles. The first-order chi connectivity index (χ1) is 14.1. The van der Waals surface area contributed by atoms with Gasteiger partial charge in [-0.2, -0.15) is 4.98 Å². The zero-order chi connectivity index (χ0) is 20.0. The molecule has 0 spiro atoms.